The predicted molar refractivity (Wildman–Crippen MR) is 32.6 cm³/mol. The van der Waals surface area contributed by atoms with Gasteiger partial charge in [0.05, 0.1) is 0 Å². The Morgan fingerprint density at radius 3 is 2.67 bits per heavy atom. The summed E-state index contributed by atoms with van der Waals surface area (Å²) in [5, 5.41) is 0. The number of hydrogen-bond donors (Lipinski definition) is 0. The Kier molecular flexibility index (Phi) is 3.25. The van der Waals surface area contributed by atoms with Crippen LogP contribution in [0, 0.1) is 0 Å². The van der Waals surface area contributed by atoms with E-state index >= 15 is 0 Å². The normalized spacial score (nSPS) is 7.67. The van der Waals surface area contributed by atoms with Crippen molar-refractivity contribution < 1.29 is 9.59 Å². The van der Waals surface area contributed by atoms with Crippen LogP contribution in [0.3, 0.4) is 0 Å². The molecule has 3 heteroatoms. The molecule has 0 bridgehead atoms. The van der Waals surface area contributed by atoms with Crippen LogP contribution in [0.1, 0.15) is 13.3 Å². The van der Waals surface area contributed by atoms with Crippen molar-refractivity contribution in [1.29, 1.82) is 0 Å². The molecule has 0 aliphatic rings. The Balaban J connectivity index is 4.04. The lowest BCUT2D eigenvalue weighted by Crippen LogP contribution is -1.94. The lowest BCUT2D eigenvalue weighted by atomic mass is 10.2. The number of aliphatic imine (C=N–C) groups is 1. The minimum Gasteiger partial charge on any atom is -0.266 e. The molecule has 0 aliphatic carbocycles. The second-order valence-corrected chi connectivity index (χ2v) is 1.47. The fraction of sp³-hybridized carbons (Fsp3) is 0.333. The smallest absolute Gasteiger partial charge is 0.266 e. The molecule has 0 aromatic heterocycles. The molecule has 3 nitrogen and oxygen atoms in total. The number of rotatable bonds is 2. The second-order valence-electron chi connectivity index (χ2n) is 1.47. The topological polar surface area (TPSA) is 46.5 Å². The van der Waals surface area contributed by atoms with Crippen molar-refractivity contribution in [1.82, 2.24) is 0 Å². The average molecular weight is 125 g/mol. The maximum Gasteiger partial charge on any atom is 0.283 e. The molecule has 0 aliphatic heterocycles. The standard InChI is InChI=1S/C6H7NO2/c1-3-5(2)6(9)7-4-8/h2-3H2,1H3. The number of amides is 1. The van der Waals surface area contributed by atoms with Gasteiger partial charge in [-0.25, -0.2) is 4.79 Å². The molecule has 0 fully saturated rings. The van der Waals surface area contributed by atoms with Crippen LogP contribution in [-0.4, -0.2) is 12.0 Å². The van der Waals surface area contributed by atoms with Crippen LogP contribution >= 0.6 is 0 Å². The van der Waals surface area contributed by atoms with Crippen LogP contribution in [-0.2, 0) is 9.59 Å². The molecule has 0 spiro atoms. The lowest BCUT2D eigenvalue weighted by molar-refractivity contribution is -0.114. The minimum absolute atomic E-state index is 0.332. The first kappa shape index (κ1) is 7.79. The number of hydrogen-bond acceptors (Lipinski definition) is 2. The molecule has 0 aromatic carbocycles. The van der Waals surface area contributed by atoms with Crippen molar-refractivity contribution in [3.05, 3.63) is 12.2 Å². The lowest BCUT2D eigenvalue weighted by Gasteiger charge is -1.88. The molecule has 1 amide bonds. The number of nitrogens with zero attached hydrogens (tertiary/aromatic N) is 1. The second kappa shape index (κ2) is 3.75. The highest BCUT2D eigenvalue weighted by Gasteiger charge is 1.99. The summed E-state index contributed by atoms with van der Waals surface area (Å²) in [4.78, 5) is 22.8. The molecule has 0 atom stereocenters. The number of carbonyl (C=O) groups is 1. The Hall–Kier alpha value is -1.21. The van der Waals surface area contributed by atoms with Crippen molar-refractivity contribution in [2.75, 3.05) is 0 Å². The predicted octanol–water partition coefficient (Wildman–Crippen LogP) is 0.815. The van der Waals surface area contributed by atoms with E-state index in [0.717, 1.165) is 6.08 Å². The first-order valence-corrected chi connectivity index (χ1v) is 2.52. The van der Waals surface area contributed by atoms with E-state index in [0.29, 0.717) is 12.0 Å². The molecule has 0 rings (SSSR count). The van der Waals surface area contributed by atoms with Gasteiger partial charge in [0.1, 0.15) is 0 Å². The van der Waals surface area contributed by atoms with E-state index in [-0.39, 0.29) is 0 Å². The van der Waals surface area contributed by atoms with E-state index in [9.17, 15) is 9.59 Å². The third kappa shape index (κ3) is 2.57. The van der Waals surface area contributed by atoms with Crippen molar-refractivity contribution in [2.45, 2.75) is 13.3 Å². The van der Waals surface area contributed by atoms with Crippen molar-refractivity contribution in [3.63, 3.8) is 0 Å². The SMILES string of the molecule is C=C(CC)C(=O)N=C=O. The molecule has 9 heavy (non-hydrogen) atoms. The summed E-state index contributed by atoms with van der Waals surface area (Å²) in [6.07, 6.45) is 1.67. The van der Waals surface area contributed by atoms with E-state index in [1.54, 1.807) is 6.92 Å². The number of isocyanates is 1. The van der Waals surface area contributed by atoms with Crippen LogP contribution in [0.25, 0.3) is 0 Å². The van der Waals surface area contributed by atoms with Crippen LogP contribution in [0.2, 0.25) is 0 Å². The fourth-order valence-corrected chi connectivity index (χ4v) is 0.272. The average Bonchev–Trinajstić information content (AvgIpc) is 1.87. The zero-order valence-electron chi connectivity index (χ0n) is 5.18. The van der Waals surface area contributed by atoms with Gasteiger partial charge in [-0.15, -0.1) is 4.99 Å². The molecule has 0 aromatic rings. The van der Waals surface area contributed by atoms with Crippen molar-refractivity contribution >= 4 is 12.0 Å². The van der Waals surface area contributed by atoms with Crippen LogP contribution in [0.15, 0.2) is 17.1 Å². The minimum atomic E-state index is -0.576. The molecule has 0 heterocycles. The quantitative estimate of drug-likeness (QED) is 0.311. The molecule has 0 unspecified atom stereocenters. The summed E-state index contributed by atoms with van der Waals surface area (Å²) < 4.78 is 0. The van der Waals surface area contributed by atoms with Gasteiger partial charge in [-0.1, -0.05) is 13.5 Å². The molecule has 0 radical (unpaired) electrons. The van der Waals surface area contributed by atoms with E-state index in [1.165, 1.54) is 0 Å². The summed E-state index contributed by atoms with van der Waals surface area (Å²) >= 11 is 0. The molecular formula is C6H7NO2. The van der Waals surface area contributed by atoms with E-state index < -0.39 is 5.91 Å². The Bertz CT molecular complexity index is 177. The third-order valence-corrected chi connectivity index (χ3v) is 0.876. The Morgan fingerprint density at radius 2 is 2.33 bits per heavy atom. The van der Waals surface area contributed by atoms with Crippen molar-refractivity contribution in [2.24, 2.45) is 4.99 Å². The summed E-state index contributed by atoms with van der Waals surface area (Å²) in [7, 11) is 0. The molecular weight excluding hydrogens is 118 g/mol. The zero-order valence-corrected chi connectivity index (χ0v) is 5.18. The van der Waals surface area contributed by atoms with Gasteiger partial charge >= 0.3 is 0 Å². The van der Waals surface area contributed by atoms with Gasteiger partial charge in [-0.2, -0.15) is 0 Å². The number of carbonyl (C=O) groups excluding carboxylic acids is 2. The Morgan fingerprint density at radius 1 is 1.78 bits per heavy atom. The maximum atomic E-state index is 10.4. The van der Waals surface area contributed by atoms with Crippen LogP contribution < -0.4 is 0 Å². The van der Waals surface area contributed by atoms with Crippen LogP contribution in [0.5, 0.6) is 0 Å². The van der Waals surface area contributed by atoms with Gasteiger partial charge in [0, 0.05) is 5.57 Å². The third-order valence-electron chi connectivity index (χ3n) is 0.876. The van der Waals surface area contributed by atoms with E-state index in [4.69, 9.17) is 0 Å². The molecule has 48 valence electrons. The Labute approximate surface area is 53.1 Å². The van der Waals surface area contributed by atoms with Gasteiger partial charge in [-0.3, -0.25) is 4.79 Å². The van der Waals surface area contributed by atoms with Gasteiger partial charge in [-0.05, 0) is 6.42 Å². The summed E-state index contributed by atoms with van der Waals surface area (Å²) in [5.41, 5.74) is 0.332. The van der Waals surface area contributed by atoms with Gasteiger partial charge in [0.25, 0.3) is 5.91 Å². The van der Waals surface area contributed by atoms with E-state index in [2.05, 4.69) is 11.6 Å². The van der Waals surface area contributed by atoms with E-state index in [1.807, 2.05) is 0 Å². The van der Waals surface area contributed by atoms with Crippen molar-refractivity contribution in [3.8, 4) is 0 Å². The molecule has 0 saturated carbocycles. The highest BCUT2D eigenvalue weighted by molar-refractivity contribution is 5.95. The first-order chi connectivity index (χ1) is 4.22. The van der Waals surface area contributed by atoms with Gasteiger partial charge < -0.3 is 0 Å². The van der Waals surface area contributed by atoms with Gasteiger partial charge in [0.15, 0.2) is 0 Å². The van der Waals surface area contributed by atoms with Gasteiger partial charge in [0.2, 0.25) is 6.08 Å². The highest BCUT2D eigenvalue weighted by Crippen LogP contribution is 1.97. The summed E-state index contributed by atoms with van der Waals surface area (Å²) in [6.45, 7) is 5.13. The maximum absolute atomic E-state index is 10.4. The monoisotopic (exact) mass is 125 g/mol. The zero-order chi connectivity index (χ0) is 7.28. The van der Waals surface area contributed by atoms with Crippen LogP contribution in [0.4, 0.5) is 0 Å². The molecule has 0 saturated heterocycles. The largest absolute Gasteiger partial charge is 0.283 e. The summed E-state index contributed by atoms with van der Waals surface area (Å²) in [6, 6.07) is 0. The highest BCUT2D eigenvalue weighted by atomic mass is 16.2. The summed E-state index contributed by atoms with van der Waals surface area (Å²) in [5.74, 6) is -0.576. The molecule has 0 N–H and O–H groups in total. The first-order valence-electron chi connectivity index (χ1n) is 2.52. The fourth-order valence-electron chi connectivity index (χ4n) is 0.272.